The number of aryl methyl sites for hydroxylation is 1. The first-order valence-electron chi connectivity index (χ1n) is 6.04. The number of benzene rings is 1. The lowest BCUT2D eigenvalue weighted by atomic mass is 10.1. The van der Waals surface area contributed by atoms with E-state index in [-0.39, 0.29) is 10.6 Å². The van der Waals surface area contributed by atoms with Gasteiger partial charge in [-0.15, -0.1) is 0 Å². The predicted molar refractivity (Wildman–Crippen MR) is 77.1 cm³/mol. The molecule has 0 fully saturated rings. The standard InChI is InChI=1S/C13H20N2O2S/c1-4-12(9-18-3)14-8-11-6-5-10(2)13(7-11)15(16)17/h5-7,12,14H,4,8-9H2,1-3H3. The van der Waals surface area contributed by atoms with Crippen LogP contribution in [-0.4, -0.2) is 23.0 Å². The maximum absolute atomic E-state index is 10.9. The van der Waals surface area contributed by atoms with Gasteiger partial charge in [0.25, 0.3) is 5.69 Å². The molecule has 0 aliphatic carbocycles. The second kappa shape index (κ2) is 7.38. The van der Waals surface area contributed by atoms with Crippen molar-refractivity contribution in [2.45, 2.75) is 32.9 Å². The summed E-state index contributed by atoms with van der Waals surface area (Å²) in [4.78, 5) is 10.5. The highest BCUT2D eigenvalue weighted by atomic mass is 32.2. The molecule has 0 aliphatic heterocycles. The monoisotopic (exact) mass is 268 g/mol. The highest BCUT2D eigenvalue weighted by Crippen LogP contribution is 2.19. The Kier molecular flexibility index (Phi) is 6.15. The summed E-state index contributed by atoms with van der Waals surface area (Å²) in [7, 11) is 0. The molecule has 0 aromatic heterocycles. The number of rotatable bonds is 7. The van der Waals surface area contributed by atoms with Crippen molar-refractivity contribution in [3.05, 3.63) is 39.4 Å². The molecule has 1 rings (SSSR count). The summed E-state index contributed by atoms with van der Waals surface area (Å²) < 4.78 is 0. The van der Waals surface area contributed by atoms with Crippen molar-refractivity contribution in [3.63, 3.8) is 0 Å². The number of hydrogen-bond acceptors (Lipinski definition) is 4. The summed E-state index contributed by atoms with van der Waals surface area (Å²) in [6.45, 7) is 4.59. The van der Waals surface area contributed by atoms with Crippen molar-refractivity contribution < 1.29 is 4.92 Å². The van der Waals surface area contributed by atoms with Crippen LogP contribution in [0.1, 0.15) is 24.5 Å². The minimum atomic E-state index is -0.321. The van der Waals surface area contributed by atoms with E-state index in [9.17, 15) is 10.1 Å². The quantitative estimate of drug-likeness (QED) is 0.609. The second-order valence-electron chi connectivity index (χ2n) is 4.32. The van der Waals surface area contributed by atoms with Crippen molar-refractivity contribution in [2.75, 3.05) is 12.0 Å². The van der Waals surface area contributed by atoms with Crippen molar-refractivity contribution >= 4 is 17.4 Å². The van der Waals surface area contributed by atoms with E-state index in [4.69, 9.17) is 0 Å². The number of nitrogens with zero attached hydrogens (tertiary/aromatic N) is 1. The molecule has 4 nitrogen and oxygen atoms in total. The second-order valence-corrected chi connectivity index (χ2v) is 5.23. The van der Waals surface area contributed by atoms with Crippen LogP contribution in [0.3, 0.4) is 0 Å². The van der Waals surface area contributed by atoms with Gasteiger partial charge in [0, 0.05) is 30.0 Å². The minimum absolute atomic E-state index is 0.201. The summed E-state index contributed by atoms with van der Waals surface area (Å²) in [6.07, 6.45) is 3.15. The molecule has 0 saturated heterocycles. The van der Waals surface area contributed by atoms with E-state index in [0.29, 0.717) is 18.2 Å². The van der Waals surface area contributed by atoms with Gasteiger partial charge < -0.3 is 5.32 Å². The molecular formula is C13H20N2O2S. The van der Waals surface area contributed by atoms with Crippen LogP contribution in [0.4, 0.5) is 5.69 Å². The molecule has 0 bridgehead atoms. The van der Waals surface area contributed by atoms with Gasteiger partial charge in [-0.25, -0.2) is 0 Å². The van der Waals surface area contributed by atoms with E-state index < -0.39 is 0 Å². The van der Waals surface area contributed by atoms with E-state index >= 15 is 0 Å². The third-order valence-electron chi connectivity index (χ3n) is 2.93. The Hall–Kier alpha value is -1.07. The smallest absolute Gasteiger partial charge is 0.272 e. The molecule has 0 spiro atoms. The number of thioether (sulfide) groups is 1. The van der Waals surface area contributed by atoms with Crippen molar-refractivity contribution in [2.24, 2.45) is 0 Å². The molecule has 1 aromatic rings. The third-order valence-corrected chi connectivity index (χ3v) is 3.66. The summed E-state index contributed by atoms with van der Waals surface area (Å²) in [5.41, 5.74) is 1.87. The Labute approximate surface area is 112 Å². The van der Waals surface area contributed by atoms with Crippen LogP contribution in [0, 0.1) is 17.0 Å². The zero-order chi connectivity index (χ0) is 13.5. The van der Waals surface area contributed by atoms with Crippen LogP contribution in [0.5, 0.6) is 0 Å². The summed E-state index contributed by atoms with van der Waals surface area (Å²) >= 11 is 1.81. The number of nitro benzene ring substituents is 1. The number of hydrogen-bond donors (Lipinski definition) is 1. The van der Waals surface area contributed by atoms with Gasteiger partial charge in [0.05, 0.1) is 4.92 Å². The first-order chi connectivity index (χ1) is 8.58. The molecule has 0 heterocycles. The van der Waals surface area contributed by atoms with Crippen LogP contribution >= 0.6 is 11.8 Å². The fraction of sp³-hybridized carbons (Fsp3) is 0.538. The number of nitro groups is 1. The van der Waals surface area contributed by atoms with Crippen molar-refractivity contribution in [1.82, 2.24) is 5.32 Å². The molecule has 5 heteroatoms. The van der Waals surface area contributed by atoms with E-state index in [1.807, 2.05) is 23.9 Å². The van der Waals surface area contributed by atoms with Crippen LogP contribution in [0.25, 0.3) is 0 Å². The molecule has 100 valence electrons. The first-order valence-corrected chi connectivity index (χ1v) is 7.44. The predicted octanol–water partition coefficient (Wildman–Crippen LogP) is 3.13. The Morgan fingerprint density at radius 3 is 2.78 bits per heavy atom. The third kappa shape index (κ3) is 4.31. The van der Waals surface area contributed by atoms with Gasteiger partial charge in [-0.2, -0.15) is 11.8 Å². The zero-order valence-corrected chi connectivity index (χ0v) is 11.9. The lowest BCUT2D eigenvalue weighted by Crippen LogP contribution is -2.30. The fourth-order valence-corrected chi connectivity index (χ4v) is 2.50. The molecule has 1 unspecified atom stereocenters. The van der Waals surface area contributed by atoms with Crippen LogP contribution < -0.4 is 5.32 Å². The highest BCUT2D eigenvalue weighted by Gasteiger charge is 2.11. The normalized spacial score (nSPS) is 12.4. The van der Waals surface area contributed by atoms with E-state index in [1.54, 1.807) is 13.0 Å². The molecule has 18 heavy (non-hydrogen) atoms. The Balaban J connectivity index is 2.67. The molecular weight excluding hydrogens is 248 g/mol. The van der Waals surface area contributed by atoms with E-state index in [0.717, 1.165) is 17.7 Å². The van der Waals surface area contributed by atoms with Crippen molar-refractivity contribution in [1.29, 1.82) is 0 Å². The van der Waals surface area contributed by atoms with Crippen LogP contribution in [0.2, 0.25) is 0 Å². The summed E-state index contributed by atoms with van der Waals surface area (Å²) in [5.74, 6) is 1.06. The highest BCUT2D eigenvalue weighted by molar-refractivity contribution is 7.98. The SMILES string of the molecule is CCC(CSC)NCc1ccc(C)c([N+](=O)[O-])c1. The molecule has 1 N–H and O–H groups in total. The van der Waals surface area contributed by atoms with Gasteiger partial charge in [0.1, 0.15) is 0 Å². The average molecular weight is 268 g/mol. The molecule has 1 aromatic carbocycles. The number of nitrogens with one attached hydrogen (secondary N) is 1. The van der Waals surface area contributed by atoms with E-state index in [1.165, 1.54) is 0 Å². The molecule has 0 amide bonds. The Morgan fingerprint density at radius 2 is 2.22 bits per heavy atom. The summed E-state index contributed by atoms with van der Waals surface area (Å²) in [5, 5.41) is 14.3. The summed E-state index contributed by atoms with van der Waals surface area (Å²) in [6, 6.07) is 5.88. The van der Waals surface area contributed by atoms with E-state index in [2.05, 4.69) is 18.5 Å². The zero-order valence-electron chi connectivity index (χ0n) is 11.1. The molecule has 0 radical (unpaired) electrons. The largest absolute Gasteiger partial charge is 0.309 e. The Morgan fingerprint density at radius 1 is 1.50 bits per heavy atom. The van der Waals surface area contributed by atoms with Crippen LogP contribution in [-0.2, 0) is 6.54 Å². The maximum Gasteiger partial charge on any atom is 0.272 e. The van der Waals surface area contributed by atoms with Gasteiger partial charge in [-0.1, -0.05) is 19.1 Å². The van der Waals surface area contributed by atoms with Gasteiger partial charge in [0.2, 0.25) is 0 Å². The topological polar surface area (TPSA) is 55.2 Å². The first kappa shape index (κ1) is 15.0. The lowest BCUT2D eigenvalue weighted by Gasteiger charge is -2.15. The Bertz CT molecular complexity index is 410. The fourth-order valence-electron chi connectivity index (χ4n) is 1.75. The van der Waals surface area contributed by atoms with Gasteiger partial charge in [-0.3, -0.25) is 10.1 Å². The molecule has 0 saturated carbocycles. The van der Waals surface area contributed by atoms with Gasteiger partial charge in [-0.05, 0) is 25.2 Å². The molecule has 1 atom stereocenters. The average Bonchev–Trinajstić information content (AvgIpc) is 2.35. The maximum atomic E-state index is 10.9. The van der Waals surface area contributed by atoms with Crippen molar-refractivity contribution in [3.8, 4) is 0 Å². The molecule has 0 aliphatic rings. The van der Waals surface area contributed by atoms with Crippen LogP contribution in [0.15, 0.2) is 18.2 Å². The lowest BCUT2D eigenvalue weighted by molar-refractivity contribution is -0.385. The van der Waals surface area contributed by atoms with Gasteiger partial charge in [0.15, 0.2) is 0 Å². The van der Waals surface area contributed by atoms with Gasteiger partial charge >= 0.3 is 0 Å². The minimum Gasteiger partial charge on any atom is -0.309 e.